The van der Waals surface area contributed by atoms with Crippen molar-refractivity contribution in [3.8, 4) is 0 Å². The second kappa shape index (κ2) is 3.91. The maximum atomic E-state index is 11.4. The zero-order valence-corrected chi connectivity index (χ0v) is 11.1. The van der Waals surface area contributed by atoms with Crippen LogP contribution < -0.4 is 0 Å². The molecule has 2 nitrogen and oxygen atoms in total. The van der Waals surface area contributed by atoms with Gasteiger partial charge in [-0.3, -0.25) is 9.78 Å². The molecule has 1 aliphatic carbocycles. The van der Waals surface area contributed by atoms with E-state index in [2.05, 4.69) is 39.1 Å². The monoisotopic (exact) mass is 289 g/mol. The van der Waals surface area contributed by atoms with Gasteiger partial charge in [-0.15, -0.1) is 0 Å². The topological polar surface area (TPSA) is 30.0 Å². The van der Waals surface area contributed by atoms with Gasteiger partial charge in [0.25, 0.3) is 0 Å². The Morgan fingerprint density at radius 1 is 1.41 bits per heavy atom. The molecule has 0 N–H and O–H groups in total. The molecule has 2 aromatic rings. The number of hydrogen-bond donors (Lipinski definition) is 0. The largest absolute Gasteiger partial charge is 0.300 e. The van der Waals surface area contributed by atoms with Gasteiger partial charge < -0.3 is 0 Å². The average Bonchev–Trinajstić information content (AvgIpc) is 3.10. The number of fused-ring (bicyclic) bond motifs is 1. The van der Waals surface area contributed by atoms with Gasteiger partial charge in [-0.2, -0.15) is 0 Å². The molecule has 1 aromatic heterocycles. The molecule has 0 saturated heterocycles. The highest BCUT2D eigenvalue weighted by atomic mass is 79.9. The molecule has 0 spiro atoms. The summed E-state index contributed by atoms with van der Waals surface area (Å²) in [6.07, 6.45) is 2.78. The van der Waals surface area contributed by atoms with Gasteiger partial charge in [0.15, 0.2) is 0 Å². The second-order valence-electron chi connectivity index (χ2n) is 4.60. The van der Waals surface area contributed by atoms with E-state index in [4.69, 9.17) is 0 Å². The molecule has 0 radical (unpaired) electrons. The highest BCUT2D eigenvalue weighted by molar-refractivity contribution is 9.10. The van der Waals surface area contributed by atoms with Crippen molar-refractivity contribution in [1.82, 2.24) is 4.98 Å². The standard InChI is InChI=1S/C14H12BrNO/c1-8(17)11-7-12(11)9-4-5-13(15)10-3-2-6-16-14(9)10/h2-6,11-12H,7H2,1H3. The van der Waals surface area contributed by atoms with Crippen LogP contribution in [-0.4, -0.2) is 10.8 Å². The number of halogens is 1. The van der Waals surface area contributed by atoms with Crippen molar-refractivity contribution in [3.05, 3.63) is 40.5 Å². The first-order valence-corrected chi connectivity index (χ1v) is 6.51. The van der Waals surface area contributed by atoms with Crippen molar-refractivity contribution in [1.29, 1.82) is 0 Å². The van der Waals surface area contributed by atoms with Gasteiger partial charge >= 0.3 is 0 Å². The lowest BCUT2D eigenvalue weighted by molar-refractivity contribution is -0.118. The quantitative estimate of drug-likeness (QED) is 0.844. The third-order valence-corrected chi connectivity index (χ3v) is 4.15. The number of benzene rings is 1. The Hall–Kier alpha value is -1.22. The van der Waals surface area contributed by atoms with Crippen LogP contribution in [0.2, 0.25) is 0 Å². The first-order chi connectivity index (χ1) is 8.18. The molecule has 17 heavy (non-hydrogen) atoms. The van der Waals surface area contributed by atoms with Gasteiger partial charge in [-0.05, 0) is 37.0 Å². The summed E-state index contributed by atoms with van der Waals surface area (Å²) in [5.41, 5.74) is 2.24. The van der Waals surface area contributed by atoms with Crippen molar-refractivity contribution in [2.24, 2.45) is 5.92 Å². The number of hydrogen-bond acceptors (Lipinski definition) is 2. The highest BCUT2D eigenvalue weighted by Crippen LogP contribution is 2.50. The van der Waals surface area contributed by atoms with E-state index >= 15 is 0 Å². The van der Waals surface area contributed by atoms with E-state index in [1.165, 1.54) is 5.56 Å². The van der Waals surface area contributed by atoms with Crippen molar-refractivity contribution in [2.75, 3.05) is 0 Å². The summed E-state index contributed by atoms with van der Waals surface area (Å²) in [6.45, 7) is 1.68. The number of carbonyl (C=O) groups excluding carboxylic acids is 1. The van der Waals surface area contributed by atoms with Crippen LogP contribution in [0.15, 0.2) is 34.9 Å². The van der Waals surface area contributed by atoms with Gasteiger partial charge in [0.1, 0.15) is 5.78 Å². The third-order valence-electron chi connectivity index (χ3n) is 3.46. The van der Waals surface area contributed by atoms with Gasteiger partial charge in [0.2, 0.25) is 0 Å². The van der Waals surface area contributed by atoms with Crippen LogP contribution in [0.3, 0.4) is 0 Å². The van der Waals surface area contributed by atoms with Gasteiger partial charge in [-0.1, -0.05) is 28.1 Å². The van der Waals surface area contributed by atoms with Crippen LogP contribution in [0.25, 0.3) is 10.9 Å². The van der Waals surface area contributed by atoms with Crippen LogP contribution in [-0.2, 0) is 4.79 Å². The van der Waals surface area contributed by atoms with Crippen LogP contribution in [0.5, 0.6) is 0 Å². The fourth-order valence-corrected chi connectivity index (χ4v) is 2.90. The number of pyridine rings is 1. The predicted octanol–water partition coefficient (Wildman–Crippen LogP) is 3.69. The van der Waals surface area contributed by atoms with Crippen molar-refractivity contribution in [2.45, 2.75) is 19.3 Å². The summed E-state index contributed by atoms with van der Waals surface area (Å²) < 4.78 is 1.06. The molecule has 0 aliphatic heterocycles. The third kappa shape index (κ3) is 1.78. The lowest BCUT2D eigenvalue weighted by Gasteiger charge is -2.06. The maximum absolute atomic E-state index is 11.4. The number of ketones is 1. The number of Topliss-reactive ketones (excluding diaryl/α,β-unsaturated/α-hetero) is 1. The van der Waals surface area contributed by atoms with E-state index in [1.807, 2.05) is 12.3 Å². The van der Waals surface area contributed by atoms with Crippen LogP contribution in [0, 0.1) is 5.92 Å². The van der Waals surface area contributed by atoms with E-state index in [9.17, 15) is 4.79 Å². The number of carbonyl (C=O) groups is 1. The molecule has 1 saturated carbocycles. The second-order valence-corrected chi connectivity index (χ2v) is 5.45. The van der Waals surface area contributed by atoms with Crippen LogP contribution in [0.4, 0.5) is 0 Å². The predicted molar refractivity (Wildman–Crippen MR) is 71.0 cm³/mol. The lowest BCUT2D eigenvalue weighted by Crippen LogP contribution is -1.96. The summed E-state index contributed by atoms with van der Waals surface area (Å²) in [6, 6.07) is 8.13. The minimum Gasteiger partial charge on any atom is -0.300 e. The molecule has 1 aliphatic rings. The molecular formula is C14H12BrNO. The molecule has 0 amide bonds. The zero-order valence-electron chi connectivity index (χ0n) is 9.48. The molecule has 86 valence electrons. The molecule has 1 aromatic carbocycles. The lowest BCUT2D eigenvalue weighted by atomic mass is 10.0. The van der Waals surface area contributed by atoms with E-state index in [-0.39, 0.29) is 5.92 Å². The molecule has 3 rings (SSSR count). The Labute approximate surface area is 108 Å². The number of rotatable bonds is 2. The fraction of sp³-hybridized carbons (Fsp3) is 0.286. The van der Waals surface area contributed by atoms with Crippen molar-refractivity contribution < 1.29 is 4.79 Å². The van der Waals surface area contributed by atoms with Crippen molar-refractivity contribution >= 4 is 32.6 Å². The maximum Gasteiger partial charge on any atom is 0.133 e. The Balaban J connectivity index is 2.13. The average molecular weight is 290 g/mol. The first-order valence-electron chi connectivity index (χ1n) is 5.72. The summed E-state index contributed by atoms with van der Waals surface area (Å²) in [5, 5.41) is 1.12. The summed E-state index contributed by atoms with van der Waals surface area (Å²) in [5.74, 6) is 0.876. The number of aromatic nitrogens is 1. The Bertz CT molecular complexity index is 608. The fourth-order valence-electron chi connectivity index (χ4n) is 2.45. The molecule has 2 unspecified atom stereocenters. The first kappa shape index (κ1) is 10.9. The Morgan fingerprint density at radius 2 is 2.24 bits per heavy atom. The van der Waals surface area contributed by atoms with Gasteiger partial charge in [0.05, 0.1) is 5.52 Å². The molecule has 2 atom stereocenters. The molecule has 0 bridgehead atoms. The van der Waals surface area contributed by atoms with E-state index in [1.54, 1.807) is 6.92 Å². The normalized spacial score (nSPS) is 22.7. The van der Waals surface area contributed by atoms with Crippen LogP contribution in [0.1, 0.15) is 24.8 Å². The summed E-state index contributed by atoms with van der Waals surface area (Å²) in [7, 11) is 0. The molecule has 3 heteroatoms. The molecule has 1 heterocycles. The SMILES string of the molecule is CC(=O)C1CC1c1ccc(Br)c2cccnc12. The van der Waals surface area contributed by atoms with Gasteiger partial charge in [-0.25, -0.2) is 0 Å². The minimum absolute atomic E-state index is 0.210. The molecule has 1 fully saturated rings. The smallest absolute Gasteiger partial charge is 0.133 e. The van der Waals surface area contributed by atoms with Gasteiger partial charge in [0, 0.05) is 22.0 Å². The van der Waals surface area contributed by atoms with Crippen LogP contribution >= 0.6 is 15.9 Å². The van der Waals surface area contributed by atoms with Crippen molar-refractivity contribution in [3.63, 3.8) is 0 Å². The molecular weight excluding hydrogens is 278 g/mol. The van der Waals surface area contributed by atoms with E-state index in [0.717, 1.165) is 21.8 Å². The van der Waals surface area contributed by atoms with E-state index in [0.29, 0.717) is 11.7 Å². The minimum atomic E-state index is 0.210. The number of nitrogens with zero attached hydrogens (tertiary/aromatic N) is 1. The Kier molecular flexibility index (Phi) is 2.51. The highest BCUT2D eigenvalue weighted by Gasteiger charge is 2.42. The van der Waals surface area contributed by atoms with E-state index < -0.39 is 0 Å². The summed E-state index contributed by atoms with van der Waals surface area (Å²) in [4.78, 5) is 15.8. The summed E-state index contributed by atoms with van der Waals surface area (Å²) >= 11 is 3.54. The Morgan fingerprint density at radius 3 is 2.94 bits per heavy atom. The zero-order chi connectivity index (χ0) is 12.0.